The molecule has 0 aliphatic rings. The Morgan fingerprint density at radius 1 is 1.08 bits per heavy atom. The summed E-state index contributed by atoms with van der Waals surface area (Å²) >= 11 is 0. The molecule has 1 amide bonds. The molecule has 8 heteroatoms. The number of carbonyl (C=O) groups is 1. The SMILES string of the molecule is Cc1cccc(S(=O)(=O)C(C)C(=O)Nc2ccccc2C(F)(F)F)c1. The second-order valence-electron chi connectivity index (χ2n) is 5.54. The summed E-state index contributed by atoms with van der Waals surface area (Å²) in [6.07, 6.45) is -4.66. The molecule has 4 nitrogen and oxygen atoms in total. The molecule has 0 fully saturated rings. The number of halogens is 3. The van der Waals surface area contributed by atoms with Crippen LogP contribution in [0.5, 0.6) is 0 Å². The largest absolute Gasteiger partial charge is 0.418 e. The fraction of sp³-hybridized carbons (Fsp3) is 0.235. The Morgan fingerprint density at radius 3 is 2.32 bits per heavy atom. The maximum atomic E-state index is 13.0. The summed E-state index contributed by atoms with van der Waals surface area (Å²) in [4.78, 5) is 12.2. The lowest BCUT2D eigenvalue weighted by atomic mass is 10.1. The lowest BCUT2D eigenvalue weighted by molar-refractivity contribution is -0.137. The van der Waals surface area contributed by atoms with Crippen LogP contribution >= 0.6 is 0 Å². The van der Waals surface area contributed by atoms with E-state index in [1.54, 1.807) is 13.0 Å². The third kappa shape index (κ3) is 4.19. The normalized spacial score (nSPS) is 13.3. The number of alkyl halides is 3. The number of hydrogen-bond donors (Lipinski definition) is 1. The van der Waals surface area contributed by atoms with Crippen molar-refractivity contribution < 1.29 is 26.4 Å². The van der Waals surface area contributed by atoms with Crippen molar-refractivity contribution in [1.82, 2.24) is 0 Å². The van der Waals surface area contributed by atoms with Crippen molar-refractivity contribution >= 4 is 21.4 Å². The van der Waals surface area contributed by atoms with Crippen molar-refractivity contribution in [3.63, 3.8) is 0 Å². The number of carbonyl (C=O) groups excluding carboxylic acids is 1. The zero-order valence-corrected chi connectivity index (χ0v) is 14.3. The molecule has 0 radical (unpaired) electrons. The monoisotopic (exact) mass is 371 g/mol. The number of rotatable bonds is 4. The predicted octanol–water partition coefficient (Wildman–Crippen LogP) is 3.81. The number of para-hydroxylation sites is 1. The molecule has 0 saturated heterocycles. The highest BCUT2D eigenvalue weighted by Gasteiger charge is 2.35. The van der Waals surface area contributed by atoms with Gasteiger partial charge in [0.15, 0.2) is 9.84 Å². The van der Waals surface area contributed by atoms with Crippen molar-refractivity contribution in [3.8, 4) is 0 Å². The highest BCUT2D eigenvalue weighted by atomic mass is 32.2. The number of nitrogens with one attached hydrogen (secondary N) is 1. The Balaban J connectivity index is 2.30. The minimum atomic E-state index is -4.66. The Bertz CT molecular complexity index is 892. The smallest absolute Gasteiger partial charge is 0.324 e. The topological polar surface area (TPSA) is 63.2 Å². The first-order chi connectivity index (χ1) is 11.5. The Labute approximate surface area is 143 Å². The van der Waals surface area contributed by atoms with Crippen LogP contribution in [0.4, 0.5) is 18.9 Å². The molecule has 1 atom stereocenters. The molecule has 2 aromatic carbocycles. The summed E-state index contributed by atoms with van der Waals surface area (Å²) in [6, 6.07) is 10.4. The van der Waals surface area contributed by atoms with Gasteiger partial charge in [0.25, 0.3) is 0 Å². The lowest BCUT2D eigenvalue weighted by Gasteiger charge is -2.17. The van der Waals surface area contributed by atoms with Crippen molar-refractivity contribution in [2.45, 2.75) is 30.2 Å². The number of hydrogen-bond acceptors (Lipinski definition) is 3. The van der Waals surface area contributed by atoms with Gasteiger partial charge in [0.2, 0.25) is 5.91 Å². The van der Waals surface area contributed by atoms with E-state index in [2.05, 4.69) is 5.32 Å². The van der Waals surface area contributed by atoms with Crippen LogP contribution in [0.3, 0.4) is 0 Å². The number of amides is 1. The quantitative estimate of drug-likeness (QED) is 0.889. The van der Waals surface area contributed by atoms with Crippen LogP contribution in [-0.4, -0.2) is 19.6 Å². The van der Waals surface area contributed by atoms with Gasteiger partial charge in [-0.25, -0.2) is 8.42 Å². The molecular formula is C17H16F3NO3S. The molecule has 2 aromatic rings. The third-order valence-corrected chi connectivity index (χ3v) is 5.70. The average molecular weight is 371 g/mol. The molecule has 25 heavy (non-hydrogen) atoms. The molecular weight excluding hydrogens is 355 g/mol. The van der Waals surface area contributed by atoms with Crippen molar-refractivity contribution in [1.29, 1.82) is 0 Å². The van der Waals surface area contributed by atoms with Gasteiger partial charge in [0, 0.05) is 0 Å². The predicted molar refractivity (Wildman–Crippen MR) is 87.9 cm³/mol. The van der Waals surface area contributed by atoms with E-state index >= 15 is 0 Å². The van der Waals surface area contributed by atoms with Crippen LogP contribution in [0.25, 0.3) is 0 Å². The van der Waals surface area contributed by atoms with Crippen molar-refractivity contribution in [2.24, 2.45) is 0 Å². The molecule has 1 N–H and O–H groups in total. The standard InChI is InChI=1S/C17H16F3NO3S/c1-11-6-5-7-13(10-11)25(23,24)12(2)16(22)21-15-9-4-3-8-14(15)17(18,19)20/h3-10,12H,1-2H3,(H,21,22). The molecule has 0 spiro atoms. The molecule has 1 unspecified atom stereocenters. The van der Waals surface area contributed by atoms with Gasteiger partial charge in [-0.05, 0) is 43.7 Å². The summed E-state index contributed by atoms with van der Waals surface area (Å²) in [5, 5.41) is 0.523. The Kier molecular flexibility index (Phi) is 5.22. The van der Waals surface area contributed by atoms with Crippen molar-refractivity contribution in [2.75, 3.05) is 5.32 Å². The Hall–Kier alpha value is -2.35. The van der Waals surface area contributed by atoms with Crippen LogP contribution in [0, 0.1) is 6.92 Å². The molecule has 0 aromatic heterocycles. The van der Waals surface area contributed by atoms with Gasteiger partial charge in [0.05, 0.1) is 16.1 Å². The van der Waals surface area contributed by atoms with Crippen LogP contribution < -0.4 is 5.32 Å². The number of anilines is 1. The minimum absolute atomic E-state index is 0.0562. The summed E-state index contributed by atoms with van der Waals surface area (Å²) in [7, 11) is -4.02. The van der Waals surface area contributed by atoms with Gasteiger partial charge in [0.1, 0.15) is 5.25 Å². The maximum Gasteiger partial charge on any atom is 0.418 e. The van der Waals surface area contributed by atoms with Crippen molar-refractivity contribution in [3.05, 3.63) is 59.7 Å². The molecule has 2 rings (SSSR count). The van der Waals surface area contributed by atoms with Crippen LogP contribution in [0.1, 0.15) is 18.1 Å². The second kappa shape index (κ2) is 6.87. The summed E-state index contributed by atoms with van der Waals surface area (Å²) in [5.41, 5.74) is -0.828. The maximum absolute atomic E-state index is 13.0. The first-order valence-corrected chi connectivity index (χ1v) is 8.86. The fourth-order valence-corrected chi connectivity index (χ4v) is 3.58. The summed E-state index contributed by atoms with van der Waals surface area (Å²) < 4.78 is 64.0. The fourth-order valence-electron chi connectivity index (χ4n) is 2.21. The average Bonchev–Trinajstić information content (AvgIpc) is 2.53. The number of benzene rings is 2. The van der Waals surface area contributed by atoms with E-state index in [0.29, 0.717) is 5.56 Å². The molecule has 134 valence electrons. The van der Waals surface area contributed by atoms with E-state index in [0.717, 1.165) is 19.1 Å². The van der Waals surface area contributed by atoms with Gasteiger partial charge in [-0.2, -0.15) is 13.2 Å². The van der Waals surface area contributed by atoms with Gasteiger partial charge in [-0.1, -0.05) is 24.3 Å². The van der Waals surface area contributed by atoms with Gasteiger partial charge >= 0.3 is 6.18 Å². The first-order valence-electron chi connectivity index (χ1n) is 7.31. The molecule has 0 heterocycles. The Morgan fingerprint density at radius 2 is 1.72 bits per heavy atom. The van der Waals surface area contributed by atoms with Crippen LogP contribution in [-0.2, 0) is 20.8 Å². The summed E-state index contributed by atoms with van der Waals surface area (Å²) in [6.45, 7) is 2.84. The first kappa shape index (κ1) is 19.0. The van der Waals surface area contributed by atoms with E-state index in [-0.39, 0.29) is 4.90 Å². The van der Waals surface area contributed by atoms with E-state index in [9.17, 15) is 26.4 Å². The van der Waals surface area contributed by atoms with Gasteiger partial charge in [-0.3, -0.25) is 4.79 Å². The van der Waals surface area contributed by atoms with Gasteiger partial charge in [-0.15, -0.1) is 0 Å². The highest BCUT2D eigenvalue weighted by Crippen LogP contribution is 2.34. The van der Waals surface area contributed by atoms with E-state index in [1.165, 1.54) is 30.3 Å². The minimum Gasteiger partial charge on any atom is -0.324 e. The zero-order valence-electron chi connectivity index (χ0n) is 13.5. The van der Waals surface area contributed by atoms with Crippen LogP contribution in [0.2, 0.25) is 0 Å². The third-order valence-electron chi connectivity index (χ3n) is 3.64. The molecule has 0 aliphatic carbocycles. The zero-order chi connectivity index (χ0) is 18.8. The van der Waals surface area contributed by atoms with Gasteiger partial charge < -0.3 is 5.32 Å². The van der Waals surface area contributed by atoms with E-state index < -0.39 is 38.4 Å². The molecule has 0 aliphatic heterocycles. The summed E-state index contributed by atoms with van der Waals surface area (Å²) in [5.74, 6) is -1.03. The molecule has 0 bridgehead atoms. The molecule has 0 saturated carbocycles. The second-order valence-corrected chi connectivity index (χ2v) is 7.80. The number of sulfone groups is 1. The lowest BCUT2D eigenvalue weighted by Crippen LogP contribution is -2.33. The van der Waals surface area contributed by atoms with Crippen LogP contribution in [0.15, 0.2) is 53.4 Å². The number of aryl methyl sites for hydroxylation is 1. The van der Waals surface area contributed by atoms with E-state index in [4.69, 9.17) is 0 Å². The van der Waals surface area contributed by atoms with E-state index in [1.807, 2.05) is 0 Å². The highest BCUT2D eigenvalue weighted by molar-refractivity contribution is 7.92.